The van der Waals surface area contributed by atoms with E-state index >= 15 is 0 Å². The van der Waals surface area contributed by atoms with Crippen LogP contribution < -0.4 is 0 Å². The van der Waals surface area contributed by atoms with Gasteiger partial charge in [-0.25, -0.2) is 0 Å². The molecular formula is C22H54O9Si4. The normalized spacial score (nSPS) is 19.0. The van der Waals surface area contributed by atoms with E-state index in [-0.39, 0.29) is 0 Å². The van der Waals surface area contributed by atoms with E-state index in [0.29, 0.717) is 64.9 Å². The van der Waals surface area contributed by atoms with E-state index < -0.39 is 34.2 Å². The zero-order valence-electron chi connectivity index (χ0n) is 24.2. The fourth-order valence-corrected chi connectivity index (χ4v) is 21.2. The molecule has 0 aromatic heterocycles. The van der Waals surface area contributed by atoms with Crippen molar-refractivity contribution >= 4 is 34.2 Å². The topological polar surface area (TPSA) is 83.1 Å². The van der Waals surface area contributed by atoms with Gasteiger partial charge in [-0.2, -0.15) is 0 Å². The van der Waals surface area contributed by atoms with Crippen LogP contribution in [0, 0.1) is 0 Å². The molecular weight excluding hydrogens is 521 g/mol. The molecule has 212 valence electrons. The molecule has 0 aromatic rings. The molecule has 0 aliphatic carbocycles. The van der Waals surface area contributed by atoms with Crippen molar-refractivity contribution in [3.8, 4) is 0 Å². The van der Waals surface area contributed by atoms with Gasteiger partial charge >= 0.3 is 34.2 Å². The first-order valence-electron chi connectivity index (χ1n) is 13.0. The van der Waals surface area contributed by atoms with Crippen molar-refractivity contribution in [2.75, 3.05) is 67.1 Å². The highest BCUT2D eigenvalue weighted by atomic mass is 28.5. The second-order valence-electron chi connectivity index (χ2n) is 9.04. The lowest BCUT2D eigenvalue weighted by Crippen LogP contribution is -2.61. The van der Waals surface area contributed by atoms with Gasteiger partial charge in [0, 0.05) is 91.3 Å². The number of ether oxygens (including phenoxy) is 4. The SMILES string of the molecule is CCOCC[Si](C)(OC)O[Si](C)(CCOCC)O[Si](C)(CCOCC)O[Si](C)(CCOCC)OC. The van der Waals surface area contributed by atoms with Gasteiger partial charge in [0.15, 0.2) is 0 Å². The smallest absolute Gasteiger partial charge is 0.328 e. The first kappa shape index (κ1) is 35.5. The lowest BCUT2D eigenvalue weighted by Gasteiger charge is -2.44. The van der Waals surface area contributed by atoms with Gasteiger partial charge < -0.3 is 40.1 Å². The second kappa shape index (κ2) is 18.7. The monoisotopic (exact) mass is 574 g/mol. The Morgan fingerprint density at radius 2 is 0.629 bits per heavy atom. The maximum absolute atomic E-state index is 7.03. The van der Waals surface area contributed by atoms with Crippen LogP contribution in [0.4, 0.5) is 0 Å². The minimum absolute atomic E-state index is 0.568. The molecule has 4 atom stereocenters. The van der Waals surface area contributed by atoms with Gasteiger partial charge in [-0.3, -0.25) is 0 Å². The highest BCUT2D eigenvalue weighted by Crippen LogP contribution is 2.31. The second-order valence-corrected chi connectivity index (χ2v) is 23.4. The molecule has 0 heterocycles. The van der Waals surface area contributed by atoms with Crippen LogP contribution in [0.5, 0.6) is 0 Å². The Balaban J connectivity index is 5.90. The Labute approximate surface area is 219 Å². The van der Waals surface area contributed by atoms with Crippen LogP contribution >= 0.6 is 0 Å². The van der Waals surface area contributed by atoms with Crippen molar-refractivity contribution < 1.29 is 40.1 Å². The van der Waals surface area contributed by atoms with Crippen molar-refractivity contribution in [1.82, 2.24) is 0 Å². The van der Waals surface area contributed by atoms with Gasteiger partial charge in [-0.1, -0.05) is 0 Å². The molecule has 0 bridgehead atoms. The highest BCUT2D eigenvalue weighted by Gasteiger charge is 2.50. The van der Waals surface area contributed by atoms with Crippen molar-refractivity contribution in [2.24, 2.45) is 0 Å². The Kier molecular flexibility index (Phi) is 19.0. The van der Waals surface area contributed by atoms with Gasteiger partial charge in [-0.15, -0.1) is 0 Å². The molecule has 0 amide bonds. The van der Waals surface area contributed by atoms with Crippen LogP contribution in [0.2, 0.25) is 50.4 Å². The molecule has 0 rings (SSSR count). The molecule has 0 saturated heterocycles. The summed E-state index contributed by atoms with van der Waals surface area (Å²) in [6, 6.07) is 2.84. The maximum atomic E-state index is 7.03. The molecule has 0 radical (unpaired) electrons. The summed E-state index contributed by atoms with van der Waals surface area (Å²) < 4.78 is 55.3. The standard InChI is InChI=1S/C22H54O9Si4/c1-11-25-15-19-32(7,23-5)29-34(9,21-17-27-13-3)31-35(10,22-18-28-14-4)30-33(8,24-6)20-16-26-12-2/h11-22H2,1-10H3. The molecule has 0 aliphatic rings. The summed E-state index contributed by atoms with van der Waals surface area (Å²) in [5, 5.41) is 0. The first-order chi connectivity index (χ1) is 16.5. The minimum Gasteiger partial charge on any atom is -0.415 e. The summed E-state index contributed by atoms with van der Waals surface area (Å²) in [6.07, 6.45) is 0. The molecule has 0 spiro atoms. The Morgan fingerprint density at radius 3 is 0.857 bits per heavy atom. The average Bonchev–Trinajstić information content (AvgIpc) is 2.79. The number of hydrogen-bond donors (Lipinski definition) is 0. The van der Waals surface area contributed by atoms with Gasteiger partial charge in [-0.05, 0) is 53.9 Å². The quantitative estimate of drug-likeness (QED) is 0.120. The molecule has 9 nitrogen and oxygen atoms in total. The first-order valence-corrected chi connectivity index (χ1v) is 23.1. The van der Waals surface area contributed by atoms with Crippen LogP contribution in [-0.2, 0) is 40.1 Å². The van der Waals surface area contributed by atoms with Crippen LogP contribution in [0.15, 0.2) is 0 Å². The van der Waals surface area contributed by atoms with Gasteiger partial charge in [0.25, 0.3) is 0 Å². The van der Waals surface area contributed by atoms with Crippen LogP contribution in [0.3, 0.4) is 0 Å². The highest BCUT2D eigenvalue weighted by molar-refractivity contribution is 6.88. The van der Waals surface area contributed by atoms with Crippen molar-refractivity contribution in [2.45, 2.75) is 78.1 Å². The maximum Gasteiger partial charge on any atom is 0.328 e. The molecule has 0 aliphatic heterocycles. The molecule has 0 N–H and O–H groups in total. The largest absolute Gasteiger partial charge is 0.415 e. The van der Waals surface area contributed by atoms with E-state index in [4.69, 9.17) is 40.1 Å². The summed E-state index contributed by atoms with van der Waals surface area (Å²) in [7, 11) is -7.18. The van der Waals surface area contributed by atoms with Crippen molar-refractivity contribution in [3.63, 3.8) is 0 Å². The number of rotatable bonds is 24. The Morgan fingerprint density at radius 1 is 0.400 bits per heavy atom. The zero-order valence-corrected chi connectivity index (χ0v) is 28.2. The summed E-state index contributed by atoms with van der Waals surface area (Å²) in [6.45, 7) is 21.3. The lowest BCUT2D eigenvalue weighted by molar-refractivity contribution is 0.139. The zero-order chi connectivity index (χ0) is 26.8. The fraction of sp³-hybridized carbons (Fsp3) is 1.00. The molecule has 0 saturated carbocycles. The Hall–Kier alpha value is 0.508. The van der Waals surface area contributed by atoms with Gasteiger partial charge in [0.1, 0.15) is 0 Å². The molecule has 4 unspecified atom stereocenters. The molecule has 13 heteroatoms. The van der Waals surface area contributed by atoms with Gasteiger partial charge in [0.2, 0.25) is 0 Å². The van der Waals surface area contributed by atoms with Crippen molar-refractivity contribution in [1.29, 1.82) is 0 Å². The third-order valence-electron chi connectivity index (χ3n) is 5.78. The van der Waals surface area contributed by atoms with E-state index in [1.165, 1.54) is 0 Å². The average molecular weight is 575 g/mol. The summed E-state index contributed by atoms with van der Waals surface area (Å²) in [5.41, 5.74) is 0. The van der Waals surface area contributed by atoms with Crippen molar-refractivity contribution in [3.05, 3.63) is 0 Å². The predicted molar refractivity (Wildman–Crippen MR) is 149 cm³/mol. The Bertz CT molecular complexity index is 495. The predicted octanol–water partition coefficient (Wildman–Crippen LogP) is 4.76. The summed E-state index contributed by atoms with van der Waals surface area (Å²) in [4.78, 5) is 0. The van der Waals surface area contributed by atoms with E-state index in [9.17, 15) is 0 Å². The van der Waals surface area contributed by atoms with E-state index in [1.807, 2.05) is 27.7 Å². The molecule has 0 aromatic carbocycles. The lowest BCUT2D eigenvalue weighted by atomic mass is 10.8. The van der Waals surface area contributed by atoms with Crippen LogP contribution in [0.25, 0.3) is 0 Å². The summed E-state index contributed by atoms with van der Waals surface area (Å²) >= 11 is 0. The van der Waals surface area contributed by atoms with Crippen LogP contribution in [-0.4, -0.2) is 101 Å². The van der Waals surface area contributed by atoms with Crippen LogP contribution in [0.1, 0.15) is 27.7 Å². The van der Waals surface area contributed by atoms with E-state index in [2.05, 4.69) is 26.2 Å². The minimum atomic E-state index is -2.78. The van der Waals surface area contributed by atoms with Gasteiger partial charge in [0.05, 0.1) is 0 Å². The number of hydrogen-bond acceptors (Lipinski definition) is 9. The third-order valence-corrected chi connectivity index (χ3v) is 22.3. The van der Waals surface area contributed by atoms with E-state index in [0.717, 1.165) is 12.1 Å². The molecule has 0 fully saturated rings. The fourth-order valence-electron chi connectivity index (χ4n) is 3.61. The third kappa shape index (κ3) is 15.5. The molecule has 35 heavy (non-hydrogen) atoms. The van der Waals surface area contributed by atoms with E-state index in [1.54, 1.807) is 14.2 Å². The summed E-state index contributed by atoms with van der Waals surface area (Å²) in [5.74, 6) is 0.